The number of aromatic nitrogens is 2. The molecule has 0 radical (unpaired) electrons. The quantitative estimate of drug-likeness (QED) is 0.136. The first kappa shape index (κ1) is 51.1. The third kappa shape index (κ3) is 7.60. The summed E-state index contributed by atoms with van der Waals surface area (Å²) in [7, 11) is 0. The second kappa shape index (κ2) is 20.1. The van der Waals surface area contributed by atoms with Crippen LogP contribution < -0.4 is 9.80 Å². The molecule has 0 aliphatic heterocycles. The Morgan fingerprint density at radius 3 is 1.07 bits per heavy atom. The van der Waals surface area contributed by atoms with Gasteiger partial charge >= 0.3 is 0 Å². The molecule has 0 amide bonds. The van der Waals surface area contributed by atoms with E-state index in [0.29, 0.717) is 11.8 Å². The van der Waals surface area contributed by atoms with Crippen molar-refractivity contribution in [2.45, 2.75) is 104 Å². The van der Waals surface area contributed by atoms with Gasteiger partial charge in [-0.3, -0.25) is 0 Å². The Balaban J connectivity index is 0.918. The van der Waals surface area contributed by atoms with Crippen LogP contribution in [0.3, 0.4) is 0 Å². The molecule has 4 aromatic heterocycles. The normalized spacial score (nSPS) is 14.7. The van der Waals surface area contributed by atoms with Crippen LogP contribution in [0.2, 0.25) is 0 Å². The van der Waals surface area contributed by atoms with Gasteiger partial charge in [-0.1, -0.05) is 184 Å². The predicted octanol–water partition coefficient (Wildman–Crippen LogP) is 23.6. The van der Waals surface area contributed by atoms with Crippen molar-refractivity contribution in [1.29, 1.82) is 0 Å². The van der Waals surface area contributed by atoms with Crippen LogP contribution in [0.5, 0.6) is 0 Å². The van der Waals surface area contributed by atoms with Gasteiger partial charge in [-0.25, -0.2) is 0 Å². The molecule has 2 fully saturated rings. The van der Waals surface area contributed by atoms with Gasteiger partial charge in [0.2, 0.25) is 0 Å². The molecule has 0 unspecified atom stereocenters. The summed E-state index contributed by atoms with van der Waals surface area (Å²) in [5.41, 5.74) is 28.5. The summed E-state index contributed by atoms with van der Waals surface area (Å²) in [4.78, 5) is 5.19. The van der Waals surface area contributed by atoms with Crippen molar-refractivity contribution in [3.8, 4) is 22.3 Å². The lowest BCUT2D eigenvalue weighted by atomic mass is 9.78. The molecule has 86 heavy (non-hydrogen) atoms. The highest BCUT2D eigenvalue weighted by atomic mass is 15.2. The predicted molar refractivity (Wildman–Crippen MR) is 367 cm³/mol. The highest BCUT2D eigenvalue weighted by Gasteiger charge is 2.33. The molecule has 0 atom stereocenters. The topological polar surface area (TPSA) is 15.3 Å². The van der Waals surface area contributed by atoms with Crippen LogP contribution in [0, 0.1) is 27.7 Å². The van der Waals surface area contributed by atoms with E-state index >= 15 is 0 Å². The number of hydrogen-bond acceptors (Lipinski definition) is 2. The molecular formula is C82H70N4. The minimum Gasteiger partial charge on any atom is -0.309 e. The van der Waals surface area contributed by atoms with Gasteiger partial charge < -0.3 is 18.6 Å². The number of hydrogen-bond donors (Lipinski definition) is 0. The first-order chi connectivity index (χ1) is 42.4. The number of fused-ring (bicyclic) bond motifs is 12. The van der Waals surface area contributed by atoms with Crippen LogP contribution in [0.25, 0.3) is 98.4 Å². The zero-order valence-corrected chi connectivity index (χ0v) is 49.8. The molecule has 2 aliphatic carbocycles. The monoisotopic (exact) mass is 1110 g/mol. The van der Waals surface area contributed by atoms with E-state index in [2.05, 4.69) is 265 Å². The number of rotatable bonds is 10. The van der Waals surface area contributed by atoms with Crippen molar-refractivity contribution in [3.63, 3.8) is 0 Å². The van der Waals surface area contributed by atoms with Gasteiger partial charge in [-0.2, -0.15) is 0 Å². The number of aryl methyl sites for hydroxylation is 2. The SMILES string of the molecule is Cc1cc(N(c2ccccc2)c2ccc3c4cc5c(cc4n4c6ccccc6c2c34)c2ccc(N(c3ccccc3)c3cc(C)c(C4CCCCC4)c(C)c3-c3ccccc3)c3c4ccccc4n5c23)c(-c2ccccc2)c(C)c1C1CCCCC1. The van der Waals surface area contributed by atoms with Crippen molar-refractivity contribution in [1.82, 2.24) is 8.80 Å². The Bertz CT molecular complexity index is 4770. The molecule has 4 nitrogen and oxygen atoms in total. The lowest BCUT2D eigenvalue weighted by Gasteiger charge is -2.33. The molecular weight excluding hydrogens is 1040 g/mol. The van der Waals surface area contributed by atoms with E-state index in [9.17, 15) is 0 Å². The molecule has 0 N–H and O–H groups in total. The van der Waals surface area contributed by atoms with Crippen LogP contribution in [-0.4, -0.2) is 8.80 Å². The van der Waals surface area contributed by atoms with Gasteiger partial charge in [0.05, 0.1) is 55.8 Å². The maximum Gasteiger partial charge on any atom is 0.0641 e. The van der Waals surface area contributed by atoms with Gasteiger partial charge in [0.15, 0.2) is 0 Å². The third-order valence-corrected chi connectivity index (χ3v) is 20.5. The maximum atomic E-state index is 2.60. The average molecular weight is 1110 g/mol. The van der Waals surface area contributed by atoms with Crippen molar-refractivity contribution >= 4 is 110 Å². The smallest absolute Gasteiger partial charge is 0.0641 e. The molecule has 0 bridgehead atoms. The highest BCUT2D eigenvalue weighted by Crippen LogP contribution is 2.55. The van der Waals surface area contributed by atoms with E-state index in [0.717, 1.165) is 11.4 Å². The summed E-state index contributed by atoms with van der Waals surface area (Å²) in [6.07, 6.45) is 13.0. The van der Waals surface area contributed by atoms with E-state index in [1.807, 2.05) is 0 Å². The van der Waals surface area contributed by atoms with E-state index in [1.54, 1.807) is 11.1 Å². The van der Waals surface area contributed by atoms with Crippen molar-refractivity contribution in [2.75, 3.05) is 9.80 Å². The van der Waals surface area contributed by atoms with Crippen molar-refractivity contribution in [2.24, 2.45) is 0 Å². The molecule has 4 heterocycles. The van der Waals surface area contributed by atoms with Crippen LogP contribution >= 0.6 is 0 Å². The van der Waals surface area contributed by atoms with Crippen LogP contribution in [0.15, 0.2) is 218 Å². The van der Waals surface area contributed by atoms with Crippen LogP contribution in [0.4, 0.5) is 34.1 Å². The van der Waals surface area contributed by atoms with Crippen molar-refractivity contribution < 1.29 is 0 Å². The molecule has 2 saturated carbocycles. The minimum atomic E-state index is 0.581. The standard InChI is InChI=1S/C82H70N4/c1-51-47-73(77(57-31-15-7-16-32-57)53(3)75(51)55-27-11-5-12-28-55)83(59-35-19-9-20-36-59)69-45-43-61-65-49-72-66(50-71(65)85-67-41-25-23-39-63(67)79(69)81(61)85)62-44-46-70(80-64-40-24-26-42-68(64)86(72)82(62)80)84(60-37-21-10-22-38-60)74-48-52(2)76(56-29-13-6-14-30-56)54(4)78(74)58-33-17-8-18-34-58/h7-10,15-26,31-50,55-56H,5-6,11-14,27-30H2,1-4H3. The lowest BCUT2D eigenvalue weighted by Crippen LogP contribution is -2.15. The fourth-order valence-electron chi connectivity index (χ4n) is 17.1. The van der Waals surface area contributed by atoms with E-state index in [4.69, 9.17) is 0 Å². The second-order valence-electron chi connectivity index (χ2n) is 25.3. The van der Waals surface area contributed by atoms with Crippen molar-refractivity contribution in [3.05, 3.63) is 252 Å². The molecule has 2 aliphatic rings. The fourth-order valence-corrected chi connectivity index (χ4v) is 17.1. The van der Waals surface area contributed by atoms with Crippen LogP contribution in [-0.2, 0) is 0 Å². The van der Waals surface area contributed by atoms with E-state index in [1.165, 1.54) is 208 Å². The molecule has 0 spiro atoms. The number of para-hydroxylation sites is 4. The molecule has 17 rings (SSSR count). The largest absolute Gasteiger partial charge is 0.309 e. The minimum absolute atomic E-state index is 0.581. The summed E-state index contributed by atoms with van der Waals surface area (Å²) in [5.74, 6) is 1.16. The molecule has 418 valence electrons. The Labute approximate surface area is 503 Å². The first-order valence-electron chi connectivity index (χ1n) is 31.8. The first-order valence-corrected chi connectivity index (χ1v) is 31.8. The lowest BCUT2D eigenvalue weighted by molar-refractivity contribution is 0.441. The summed E-state index contributed by atoms with van der Waals surface area (Å²) < 4.78 is 5.20. The summed E-state index contributed by atoms with van der Waals surface area (Å²) >= 11 is 0. The van der Waals surface area contributed by atoms with E-state index < -0.39 is 0 Å². The Kier molecular flexibility index (Phi) is 12.0. The zero-order valence-electron chi connectivity index (χ0n) is 49.8. The van der Waals surface area contributed by atoms with Gasteiger partial charge in [0.25, 0.3) is 0 Å². The van der Waals surface area contributed by atoms with Gasteiger partial charge in [-0.15, -0.1) is 0 Å². The Morgan fingerprint density at radius 1 is 0.314 bits per heavy atom. The maximum absolute atomic E-state index is 2.60. The van der Waals surface area contributed by atoms with E-state index in [-0.39, 0.29) is 0 Å². The average Bonchev–Trinajstić information content (AvgIpc) is 1.55. The Hall–Kier alpha value is -9.38. The third-order valence-electron chi connectivity index (χ3n) is 20.5. The number of anilines is 6. The zero-order chi connectivity index (χ0) is 57.3. The second-order valence-corrected chi connectivity index (χ2v) is 25.3. The Morgan fingerprint density at radius 2 is 0.674 bits per heavy atom. The van der Waals surface area contributed by atoms with Gasteiger partial charge in [0, 0.05) is 65.6 Å². The number of nitrogens with zero attached hydrogens (tertiary/aromatic N) is 4. The number of benzene rings is 11. The van der Waals surface area contributed by atoms with Gasteiger partial charge in [-0.05, 0) is 183 Å². The summed E-state index contributed by atoms with van der Waals surface area (Å²) in [6.45, 7) is 9.60. The summed E-state index contributed by atoms with van der Waals surface area (Å²) in [6, 6.07) is 82.9. The summed E-state index contributed by atoms with van der Waals surface area (Å²) in [5, 5.41) is 10.1. The molecule has 15 aromatic rings. The molecule has 11 aromatic carbocycles. The van der Waals surface area contributed by atoms with Gasteiger partial charge in [0.1, 0.15) is 0 Å². The molecule has 0 saturated heterocycles. The fraction of sp³-hybridized carbons (Fsp3) is 0.195. The van der Waals surface area contributed by atoms with Crippen LogP contribution in [0.1, 0.15) is 109 Å². The molecule has 4 heteroatoms. The highest BCUT2D eigenvalue weighted by molar-refractivity contribution is 6.32.